The Morgan fingerprint density at radius 1 is 1.28 bits per heavy atom. The van der Waals surface area contributed by atoms with E-state index in [1.165, 1.54) is 0 Å². The van der Waals surface area contributed by atoms with Gasteiger partial charge in [-0.25, -0.2) is 0 Å². The number of hydrogen-bond acceptors (Lipinski definition) is 3. The molecule has 1 amide bonds. The van der Waals surface area contributed by atoms with Gasteiger partial charge >= 0.3 is 0 Å². The zero-order chi connectivity index (χ0) is 13.1. The van der Waals surface area contributed by atoms with Crippen molar-refractivity contribution >= 4 is 11.6 Å². The van der Waals surface area contributed by atoms with Crippen LogP contribution in [-0.4, -0.2) is 20.7 Å². The van der Waals surface area contributed by atoms with Crippen LogP contribution in [0.3, 0.4) is 0 Å². The van der Waals surface area contributed by atoms with Gasteiger partial charge in [-0.3, -0.25) is 14.5 Å². The minimum absolute atomic E-state index is 0.0138. The number of carbonyl (C=O) groups is 1. The van der Waals surface area contributed by atoms with Crippen LogP contribution < -0.4 is 5.32 Å². The van der Waals surface area contributed by atoms with Crippen molar-refractivity contribution in [2.45, 2.75) is 13.8 Å². The lowest BCUT2D eigenvalue weighted by atomic mass is 10.1. The van der Waals surface area contributed by atoms with Crippen molar-refractivity contribution in [2.75, 3.05) is 5.32 Å². The van der Waals surface area contributed by atoms with Crippen molar-refractivity contribution in [1.82, 2.24) is 14.8 Å². The van der Waals surface area contributed by atoms with E-state index >= 15 is 0 Å². The maximum atomic E-state index is 11.6. The number of aryl methyl sites for hydroxylation is 1. The molecule has 2 rings (SSSR count). The quantitative estimate of drug-likeness (QED) is 0.899. The summed E-state index contributed by atoms with van der Waals surface area (Å²) >= 11 is 0. The molecule has 0 atom stereocenters. The zero-order valence-electron chi connectivity index (χ0n) is 10.7. The molecule has 2 heterocycles. The number of nitrogens with one attached hydrogen (secondary N) is 1. The summed E-state index contributed by atoms with van der Waals surface area (Å²) in [5, 5.41) is 6.94. The first-order valence-corrected chi connectivity index (χ1v) is 5.81. The summed E-state index contributed by atoms with van der Waals surface area (Å²) in [7, 11) is 1.86. The minimum atomic E-state index is -0.0490. The van der Waals surface area contributed by atoms with E-state index in [0.717, 1.165) is 11.1 Å². The monoisotopic (exact) mass is 244 g/mol. The summed E-state index contributed by atoms with van der Waals surface area (Å²) in [5.41, 5.74) is 2.62. The molecule has 0 aromatic carbocycles. The zero-order valence-corrected chi connectivity index (χ0v) is 10.7. The number of anilines is 1. The largest absolute Gasteiger partial charge is 0.324 e. The molecule has 5 nitrogen and oxygen atoms in total. The van der Waals surface area contributed by atoms with Crippen LogP contribution in [0.1, 0.15) is 13.8 Å². The standard InChI is InChI=1S/C13H16N4O/c1-9(2)13(18)16-12-4-10(5-14-7-12)11-6-15-17(3)8-11/h4-9H,1-3H3,(H,16,18). The van der Waals surface area contributed by atoms with E-state index < -0.39 is 0 Å². The van der Waals surface area contributed by atoms with Crippen molar-refractivity contribution < 1.29 is 4.79 Å². The molecule has 18 heavy (non-hydrogen) atoms. The number of amides is 1. The molecule has 0 unspecified atom stereocenters. The van der Waals surface area contributed by atoms with Crippen LogP contribution in [0.5, 0.6) is 0 Å². The summed E-state index contributed by atoms with van der Waals surface area (Å²) in [5.74, 6) is -0.0628. The van der Waals surface area contributed by atoms with Crippen LogP contribution in [0.2, 0.25) is 0 Å². The second-order valence-corrected chi connectivity index (χ2v) is 4.51. The molecule has 0 aliphatic carbocycles. The molecular formula is C13H16N4O. The first-order chi connectivity index (χ1) is 8.56. The molecule has 0 bridgehead atoms. The van der Waals surface area contributed by atoms with Gasteiger partial charge in [-0.05, 0) is 6.07 Å². The van der Waals surface area contributed by atoms with Crippen LogP contribution in [0.4, 0.5) is 5.69 Å². The van der Waals surface area contributed by atoms with E-state index in [2.05, 4.69) is 15.4 Å². The van der Waals surface area contributed by atoms with Gasteiger partial charge in [0.25, 0.3) is 0 Å². The molecule has 94 valence electrons. The third kappa shape index (κ3) is 2.74. The highest BCUT2D eigenvalue weighted by molar-refractivity contribution is 5.92. The predicted molar refractivity (Wildman–Crippen MR) is 69.9 cm³/mol. The first-order valence-electron chi connectivity index (χ1n) is 5.81. The molecule has 1 N–H and O–H groups in total. The lowest BCUT2D eigenvalue weighted by Gasteiger charge is -2.08. The molecule has 0 saturated heterocycles. The Labute approximate surface area is 106 Å². The molecule has 0 aliphatic heterocycles. The number of rotatable bonds is 3. The Morgan fingerprint density at radius 3 is 2.67 bits per heavy atom. The number of aromatic nitrogens is 3. The van der Waals surface area contributed by atoms with Crippen LogP contribution in [-0.2, 0) is 11.8 Å². The Morgan fingerprint density at radius 2 is 2.06 bits per heavy atom. The third-order valence-corrected chi connectivity index (χ3v) is 2.57. The molecule has 0 saturated carbocycles. The molecular weight excluding hydrogens is 228 g/mol. The maximum absolute atomic E-state index is 11.6. The van der Waals surface area contributed by atoms with E-state index in [-0.39, 0.29) is 11.8 Å². The summed E-state index contributed by atoms with van der Waals surface area (Å²) in [4.78, 5) is 15.7. The smallest absolute Gasteiger partial charge is 0.226 e. The van der Waals surface area contributed by atoms with Gasteiger partial charge in [-0.2, -0.15) is 5.10 Å². The first kappa shape index (κ1) is 12.3. The van der Waals surface area contributed by atoms with Crippen molar-refractivity contribution in [1.29, 1.82) is 0 Å². The van der Waals surface area contributed by atoms with Crippen LogP contribution in [0.25, 0.3) is 11.1 Å². The Bertz CT molecular complexity index is 560. The number of nitrogens with zero attached hydrogens (tertiary/aromatic N) is 3. The normalized spacial score (nSPS) is 10.7. The van der Waals surface area contributed by atoms with Gasteiger partial charge in [0.2, 0.25) is 5.91 Å². The summed E-state index contributed by atoms with van der Waals surface area (Å²) in [6.07, 6.45) is 7.07. The van der Waals surface area contributed by atoms with Gasteiger partial charge in [0.05, 0.1) is 18.1 Å². The van der Waals surface area contributed by atoms with Crippen LogP contribution in [0.15, 0.2) is 30.9 Å². The van der Waals surface area contributed by atoms with Gasteiger partial charge in [0.15, 0.2) is 0 Å². The Kier molecular flexibility index (Phi) is 3.41. The van der Waals surface area contributed by atoms with Crippen molar-refractivity contribution in [3.8, 4) is 11.1 Å². The molecule has 5 heteroatoms. The van der Waals surface area contributed by atoms with Crippen molar-refractivity contribution in [3.63, 3.8) is 0 Å². The van der Waals surface area contributed by atoms with Crippen molar-refractivity contribution in [2.24, 2.45) is 13.0 Å². The van der Waals surface area contributed by atoms with Crippen LogP contribution in [0, 0.1) is 5.92 Å². The Balaban J connectivity index is 2.23. The number of carbonyl (C=O) groups excluding carboxylic acids is 1. The number of hydrogen-bond donors (Lipinski definition) is 1. The molecule has 0 aliphatic rings. The van der Waals surface area contributed by atoms with E-state index in [1.54, 1.807) is 23.3 Å². The number of pyridine rings is 1. The fourth-order valence-corrected chi connectivity index (χ4v) is 1.52. The second kappa shape index (κ2) is 5.00. The lowest BCUT2D eigenvalue weighted by Crippen LogP contribution is -2.17. The topological polar surface area (TPSA) is 59.8 Å². The predicted octanol–water partition coefficient (Wildman–Crippen LogP) is 2.08. The summed E-state index contributed by atoms with van der Waals surface area (Å²) in [6.45, 7) is 3.71. The minimum Gasteiger partial charge on any atom is -0.324 e. The average Bonchev–Trinajstić information content (AvgIpc) is 2.76. The molecule has 0 spiro atoms. The van der Waals surface area contributed by atoms with E-state index in [1.807, 2.05) is 33.2 Å². The average molecular weight is 244 g/mol. The molecule has 2 aromatic rings. The molecule has 0 fully saturated rings. The van der Waals surface area contributed by atoms with E-state index in [4.69, 9.17) is 0 Å². The van der Waals surface area contributed by atoms with Crippen LogP contribution >= 0.6 is 0 Å². The van der Waals surface area contributed by atoms with E-state index in [9.17, 15) is 4.79 Å². The molecule has 2 aromatic heterocycles. The summed E-state index contributed by atoms with van der Waals surface area (Å²) in [6, 6.07) is 1.89. The van der Waals surface area contributed by atoms with Gasteiger partial charge < -0.3 is 5.32 Å². The highest BCUT2D eigenvalue weighted by atomic mass is 16.1. The summed E-state index contributed by atoms with van der Waals surface area (Å²) < 4.78 is 1.73. The second-order valence-electron chi connectivity index (χ2n) is 4.51. The fourth-order valence-electron chi connectivity index (χ4n) is 1.52. The van der Waals surface area contributed by atoms with Crippen molar-refractivity contribution in [3.05, 3.63) is 30.9 Å². The highest BCUT2D eigenvalue weighted by Gasteiger charge is 2.08. The Hall–Kier alpha value is -2.17. The van der Waals surface area contributed by atoms with Gasteiger partial charge in [-0.1, -0.05) is 13.8 Å². The van der Waals surface area contributed by atoms with E-state index in [0.29, 0.717) is 5.69 Å². The highest BCUT2D eigenvalue weighted by Crippen LogP contribution is 2.20. The van der Waals surface area contributed by atoms with Gasteiger partial charge in [0.1, 0.15) is 0 Å². The fraction of sp³-hybridized carbons (Fsp3) is 0.308. The lowest BCUT2D eigenvalue weighted by molar-refractivity contribution is -0.118. The molecule has 0 radical (unpaired) electrons. The SMILES string of the molecule is CC(C)C(=O)Nc1cncc(-c2cnn(C)c2)c1. The van der Waals surface area contributed by atoms with Gasteiger partial charge in [-0.15, -0.1) is 0 Å². The van der Waals surface area contributed by atoms with Gasteiger partial charge in [0, 0.05) is 36.5 Å². The maximum Gasteiger partial charge on any atom is 0.226 e. The third-order valence-electron chi connectivity index (χ3n) is 2.57.